The van der Waals surface area contributed by atoms with Gasteiger partial charge in [-0.1, -0.05) is 39.5 Å². The standard InChI is InChI=1S/C23H48O6/c1-9-21(10-2,23(27-11-3,28-12-4)29-13-5)19-17-15-14-16-18-20-22(24-6,25-7)26-8/h9-20H2,1-8H3. The Balaban J connectivity index is 4.76. The van der Waals surface area contributed by atoms with Gasteiger partial charge in [0.2, 0.25) is 0 Å². The summed E-state index contributed by atoms with van der Waals surface area (Å²) in [5, 5.41) is 0. The maximum Gasteiger partial charge on any atom is 0.288 e. The average molecular weight is 421 g/mol. The summed E-state index contributed by atoms with van der Waals surface area (Å²) in [4.78, 5) is 0. The molecule has 0 fully saturated rings. The fourth-order valence-corrected chi connectivity index (χ4v) is 4.24. The molecule has 0 saturated carbocycles. The van der Waals surface area contributed by atoms with Crippen LogP contribution in [0.2, 0.25) is 0 Å². The van der Waals surface area contributed by atoms with Gasteiger partial charge < -0.3 is 28.4 Å². The summed E-state index contributed by atoms with van der Waals surface area (Å²) in [5.41, 5.74) is -0.146. The summed E-state index contributed by atoms with van der Waals surface area (Å²) in [5.74, 6) is -1.87. The summed E-state index contributed by atoms with van der Waals surface area (Å²) >= 11 is 0. The maximum atomic E-state index is 6.14. The molecular formula is C23H48O6. The second-order valence-corrected chi connectivity index (χ2v) is 7.41. The summed E-state index contributed by atoms with van der Waals surface area (Å²) < 4.78 is 34.5. The highest BCUT2D eigenvalue weighted by molar-refractivity contribution is 4.87. The van der Waals surface area contributed by atoms with Crippen LogP contribution in [-0.4, -0.2) is 53.1 Å². The molecule has 0 rings (SSSR count). The van der Waals surface area contributed by atoms with Crippen LogP contribution in [0.3, 0.4) is 0 Å². The number of unbranched alkanes of at least 4 members (excludes halogenated alkanes) is 4. The van der Waals surface area contributed by atoms with E-state index in [0.717, 1.165) is 44.9 Å². The van der Waals surface area contributed by atoms with Crippen molar-refractivity contribution in [1.82, 2.24) is 0 Å². The molecule has 0 saturated heterocycles. The van der Waals surface area contributed by atoms with E-state index < -0.39 is 11.9 Å². The highest BCUT2D eigenvalue weighted by Gasteiger charge is 2.52. The lowest BCUT2D eigenvalue weighted by Gasteiger charge is -2.48. The van der Waals surface area contributed by atoms with Crippen LogP contribution < -0.4 is 0 Å². The van der Waals surface area contributed by atoms with Crippen molar-refractivity contribution >= 4 is 0 Å². The molecule has 29 heavy (non-hydrogen) atoms. The first-order valence-corrected chi connectivity index (χ1v) is 11.5. The molecule has 0 aliphatic heterocycles. The zero-order valence-corrected chi connectivity index (χ0v) is 20.4. The van der Waals surface area contributed by atoms with E-state index in [1.807, 2.05) is 20.8 Å². The van der Waals surface area contributed by atoms with Crippen molar-refractivity contribution in [2.45, 2.75) is 104 Å². The SMILES string of the molecule is CCOC(OCC)(OCC)C(CC)(CC)CCCCCCCC(OC)(OC)OC. The van der Waals surface area contributed by atoms with Crippen LogP contribution in [0.15, 0.2) is 0 Å². The second-order valence-electron chi connectivity index (χ2n) is 7.41. The predicted molar refractivity (Wildman–Crippen MR) is 117 cm³/mol. The van der Waals surface area contributed by atoms with E-state index in [2.05, 4.69) is 13.8 Å². The third-order valence-corrected chi connectivity index (χ3v) is 6.08. The van der Waals surface area contributed by atoms with E-state index in [9.17, 15) is 0 Å². The lowest BCUT2D eigenvalue weighted by Crippen LogP contribution is -2.54. The van der Waals surface area contributed by atoms with Gasteiger partial charge in [-0.25, -0.2) is 0 Å². The first-order chi connectivity index (χ1) is 13.9. The number of rotatable bonds is 20. The molecule has 0 amide bonds. The van der Waals surface area contributed by atoms with Crippen molar-refractivity contribution in [2.24, 2.45) is 5.41 Å². The van der Waals surface area contributed by atoms with E-state index in [1.165, 1.54) is 12.8 Å². The Labute approximate surface area is 179 Å². The van der Waals surface area contributed by atoms with Gasteiger partial charge in [0.1, 0.15) is 0 Å². The van der Waals surface area contributed by atoms with Crippen LogP contribution in [0.25, 0.3) is 0 Å². The topological polar surface area (TPSA) is 55.4 Å². The van der Waals surface area contributed by atoms with E-state index in [1.54, 1.807) is 21.3 Å². The Morgan fingerprint density at radius 1 is 0.517 bits per heavy atom. The molecule has 0 aromatic heterocycles. The molecular weight excluding hydrogens is 372 g/mol. The van der Waals surface area contributed by atoms with Gasteiger partial charge in [-0.05, 0) is 46.5 Å². The number of hydrogen-bond acceptors (Lipinski definition) is 6. The zero-order valence-electron chi connectivity index (χ0n) is 20.4. The van der Waals surface area contributed by atoms with Gasteiger partial charge >= 0.3 is 0 Å². The predicted octanol–water partition coefficient (Wildman–Crippen LogP) is 5.88. The van der Waals surface area contributed by atoms with E-state index in [-0.39, 0.29) is 5.41 Å². The van der Waals surface area contributed by atoms with Crippen LogP contribution in [-0.2, 0) is 28.4 Å². The van der Waals surface area contributed by atoms with E-state index >= 15 is 0 Å². The first kappa shape index (κ1) is 28.8. The Bertz CT molecular complexity index is 354. The maximum absolute atomic E-state index is 6.14. The average Bonchev–Trinajstić information content (AvgIpc) is 2.74. The fraction of sp³-hybridized carbons (Fsp3) is 1.00. The molecule has 176 valence electrons. The van der Waals surface area contributed by atoms with Crippen molar-refractivity contribution in [3.63, 3.8) is 0 Å². The molecule has 0 aromatic carbocycles. The minimum Gasteiger partial charge on any atom is -0.331 e. The first-order valence-electron chi connectivity index (χ1n) is 11.5. The number of ether oxygens (including phenoxy) is 6. The molecule has 6 heteroatoms. The van der Waals surface area contributed by atoms with Crippen molar-refractivity contribution in [3.8, 4) is 0 Å². The molecule has 0 aliphatic carbocycles. The molecule has 0 aromatic rings. The smallest absolute Gasteiger partial charge is 0.288 e. The van der Waals surface area contributed by atoms with Crippen LogP contribution in [0.1, 0.15) is 92.4 Å². The molecule has 0 radical (unpaired) electrons. The Morgan fingerprint density at radius 2 is 0.897 bits per heavy atom. The highest BCUT2D eigenvalue weighted by atomic mass is 16.9. The monoisotopic (exact) mass is 420 g/mol. The minimum atomic E-state index is -0.955. The van der Waals surface area contributed by atoms with Crippen molar-refractivity contribution in [1.29, 1.82) is 0 Å². The van der Waals surface area contributed by atoms with Crippen LogP contribution >= 0.6 is 0 Å². The third kappa shape index (κ3) is 8.08. The Kier molecular flexibility index (Phi) is 15.4. The van der Waals surface area contributed by atoms with Crippen molar-refractivity contribution in [3.05, 3.63) is 0 Å². The van der Waals surface area contributed by atoms with Gasteiger partial charge in [0.15, 0.2) is 0 Å². The zero-order chi connectivity index (χ0) is 22.2. The van der Waals surface area contributed by atoms with Gasteiger partial charge in [-0.15, -0.1) is 0 Å². The van der Waals surface area contributed by atoms with Crippen molar-refractivity contribution in [2.75, 3.05) is 41.2 Å². The van der Waals surface area contributed by atoms with Gasteiger partial charge in [0.05, 0.1) is 5.41 Å². The number of hydrogen-bond donors (Lipinski definition) is 0. The normalized spacial score (nSPS) is 13.2. The molecule has 0 bridgehead atoms. The van der Waals surface area contributed by atoms with Gasteiger partial charge in [-0.2, -0.15) is 0 Å². The largest absolute Gasteiger partial charge is 0.331 e. The summed E-state index contributed by atoms with van der Waals surface area (Å²) in [7, 11) is 4.84. The van der Waals surface area contributed by atoms with Gasteiger partial charge in [-0.3, -0.25) is 0 Å². The Hall–Kier alpha value is -0.240. The second kappa shape index (κ2) is 15.5. The molecule has 0 heterocycles. The summed E-state index contributed by atoms with van der Waals surface area (Å²) in [6.07, 6.45) is 9.26. The van der Waals surface area contributed by atoms with Crippen LogP contribution in [0.5, 0.6) is 0 Å². The van der Waals surface area contributed by atoms with Gasteiger partial charge in [0.25, 0.3) is 11.9 Å². The van der Waals surface area contributed by atoms with E-state index in [0.29, 0.717) is 19.8 Å². The fourth-order valence-electron chi connectivity index (χ4n) is 4.24. The number of methoxy groups -OCH3 is 3. The highest BCUT2D eigenvalue weighted by Crippen LogP contribution is 2.47. The Morgan fingerprint density at radius 3 is 1.24 bits per heavy atom. The molecule has 0 aliphatic rings. The lowest BCUT2D eigenvalue weighted by atomic mass is 9.74. The minimum absolute atomic E-state index is 0.146. The molecule has 6 nitrogen and oxygen atoms in total. The van der Waals surface area contributed by atoms with Crippen molar-refractivity contribution < 1.29 is 28.4 Å². The molecule has 0 atom stereocenters. The third-order valence-electron chi connectivity index (χ3n) is 6.08. The molecule has 0 N–H and O–H groups in total. The molecule has 0 unspecified atom stereocenters. The summed E-state index contributed by atoms with van der Waals surface area (Å²) in [6.45, 7) is 12.2. The van der Waals surface area contributed by atoms with E-state index in [4.69, 9.17) is 28.4 Å². The molecule has 0 spiro atoms. The lowest BCUT2D eigenvalue weighted by molar-refractivity contribution is -0.430. The summed E-state index contributed by atoms with van der Waals surface area (Å²) in [6, 6.07) is 0. The quantitative estimate of drug-likeness (QED) is 0.181. The van der Waals surface area contributed by atoms with Crippen LogP contribution in [0, 0.1) is 5.41 Å². The van der Waals surface area contributed by atoms with Crippen LogP contribution in [0.4, 0.5) is 0 Å². The van der Waals surface area contributed by atoms with Gasteiger partial charge in [0, 0.05) is 47.6 Å².